The molecule has 0 aromatic heterocycles. The maximum absolute atomic E-state index is 13.7. The molecule has 0 amide bonds. The molecule has 0 spiro atoms. The molecule has 1 rings (SSSR count). The summed E-state index contributed by atoms with van der Waals surface area (Å²) >= 11 is 0. The number of benzene rings is 1. The molecule has 0 aliphatic heterocycles. The summed E-state index contributed by atoms with van der Waals surface area (Å²) in [5.74, 6) is -2.17. The van der Waals surface area contributed by atoms with Crippen LogP contribution in [0.15, 0.2) is 18.2 Å². The molecular formula is C13H17F2NO2. The van der Waals surface area contributed by atoms with Gasteiger partial charge in [-0.2, -0.15) is 0 Å². The van der Waals surface area contributed by atoms with Crippen LogP contribution in [0.25, 0.3) is 0 Å². The largest absolute Gasteiger partial charge is 0.481 e. The fraction of sp³-hybridized carbons (Fsp3) is 0.462. The Hall–Kier alpha value is -1.49. The summed E-state index contributed by atoms with van der Waals surface area (Å²) in [6.45, 7) is 4.86. The van der Waals surface area contributed by atoms with Crippen LogP contribution >= 0.6 is 0 Å². The van der Waals surface area contributed by atoms with Gasteiger partial charge in [-0.1, -0.05) is 13.8 Å². The van der Waals surface area contributed by atoms with E-state index in [1.54, 1.807) is 4.90 Å². The minimum absolute atomic E-state index is 0.0982. The molecule has 18 heavy (non-hydrogen) atoms. The van der Waals surface area contributed by atoms with Crippen molar-refractivity contribution >= 4 is 5.97 Å². The number of halogens is 2. The van der Waals surface area contributed by atoms with Crippen LogP contribution in [0.3, 0.4) is 0 Å². The number of aliphatic carboxylic acids is 1. The average molecular weight is 257 g/mol. The molecule has 0 aliphatic rings. The lowest BCUT2D eigenvalue weighted by atomic mass is 10.0. The molecule has 1 aromatic carbocycles. The Bertz CT molecular complexity index is 419. The minimum Gasteiger partial charge on any atom is -0.481 e. The second-order valence-electron chi connectivity index (χ2n) is 4.00. The summed E-state index contributed by atoms with van der Waals surface area (Å²) in [5, 5.41) is 8.90. The van der Waals surface area contributed by atoms with E-state index in [0.29, 0.717) is 13.1 Å². The molecule has 1 aromatic rings. The number of nitrogens with zero attached hydrogens (tertiary/aromatic N) is 1. The summed E-state index contributed by atoms with van der Waals surface area (Å²) in [6.07, 6.45) is -0.248. The quantitative estimate of drug-likeness (QED) is 0.852. The molecule has 0 aliphatic carbocycles. The first-order chi connectivity index (χ1) is 8.49. The lowest BCUT2D eigenvalue weighted by Crippen LogP contribution is -2.31. The molecule has 0 fully saturated rings. The van der Waals surface area contributed by atoms with Gasteiger partial charge in [-0.25, -0.2) is 8.78 Å². The first-order valence-corrected chi connectivity index (χ1v) is 5.90. The predicted octanol–water partition coefficient (Wildman–Crippen LogP) is 2.82. The van der Waals surface area contributed by atoms with Crippen molar-refractivity contribution in [1.82, 2.24) is 4.90 Å². The van der Waals surface area contributed by atoms with Crippen molar-refractivity contribution in [2.24, 2.45) is 0 Å². The third-order valence-corrected chi connectivity index (χ3v) is 2.94. The predicted molar refractivity (Wildman–Crippen MR) is 64.3 cm³/mol. The molecule has 0 bridgehead atoms. The lowest BCUT2D eigenvalue weighted by molar-refractivity contribution is -0.138. The third kappa shape index (κ3) is 3.50. The molecule has 3 nitrogen and oxygen atoms in total. The first kappa shape index (κ1) is 14.6. The van der Waals surface area contributed by atoms with Gasteiger partial charge in [0.2, 0.25) is 0 Å². The molecule has 0 radical (unpaired) electrons. The zero-order valence-electron chi connectivity index (χ0n) is 10.5. The maximum Gasteiger partial charge on any atom is 0.305 e. The number of hydrogen-bond acceptors (Lipinski definition) is 2. The Labute approximate surface area is 105 Å². The molecule has 1 N–H and O–H groups in total. The van der Waals surface area contributed by atoms with Gasteiger partial charge in [0.25, 0.3) is 0 Å². The topological polar surface area (TPSA) is 40.5 Å². The minimum atomic E-state index is -1.03. The van der Waals surface area contributed by atoms with Gasteiger partial charge in [-0.3, -0.25) is 9.69 Å². The molecule has 1 atom stereocenters. The number of carboxylic acid groups (broad SMARTS) is 1. The Morgan fingerprint density at radius 3 is 2.44 bits per heavy atom. The van der Waals surface area contributed by atoms with Gasteiger partial charge in [-0.15, -0.1) is 0 Å². The van der Waals surface area contributed by atoms with Crippen molar-refractivity contribution in [1.29, 1.82) is 0 Å². The summed E-state index contributed by atoms with van der Waals surface area (Å²) in [5.41, 5.74) is 0.0982. The third-order valence-electron chi connectivity index (χ3n) is 2.94. The SMILES string of the molecule is CCN(CC)C(CC(=O)O)c1cc(F)ccc1F. The van der Waals surface area contributed by atoms with Crippen LogP contribution in [0.1, 0.15) is 31.9 Å². The smallest absolute Gasteiger partial charge is 0.305 e. The van der Waals surface area contributed by atoms with Crippen LogP contribution < -0.4 is 0 Å². The van der Waals surface area contributed by atoms with E-state index >= 15 is 0 Å². The maximum atomic E-state index is 13.7. The molecule has 100 valence electrons. The Balaban J connectivity index is 3.15. The number of rotatable bonds is 6. The van der Waals surface area contributed by atoms with Gasteiger partial charge in [-0.05, 0) is 31.3 Å². The van der Waals surface area contributed by atoms with Gasteiger partial charge in [0.15, 0.2) is 0 Å². The van der Waals surface area contributed by atoms with Gasteiger partial charge >= 0.3 is 5.97 Å². The van der Waals surface area contributed by atoms with Gasteiger partial charge in [0.1, 0.15) is 11.6 Å². The van der Waals surface area contributed by atoms with Crippen molar-refractivity contribution in [2.75, 3.05) is 13.1 Å². The summed E-state index contributed by atoms with van der Waals surface area (Å²) < 4.78 is 26.9. The van der Waals surface area contributed by atoms with Crippen LogP contribution in [0.4, 0.5) is 8.78 Å². The fourth-order valence-electron chi connectivity index (χ4n) is 2.04. The Morgan fingerprint density at radius 1 is 1.33 bits per heavy atom. The van der Waals surface area contributed by atoms with Gasteiger partial charge < -0.3 is 5.11 Å². The van der Waals surface area contributed by atoms with Crippen LogP contribution in [-0.2, 0) is 4.79 Å². The van der Waals surface area contributed by atoms with E-state index in [9.17, 15) is 13.6 Å². The molecule has 1 unspecified atom stereocenters. The van der Waals surface area contributed by atoms with E-state index in [-0.39, 0.29) is 12.0 Å². The monoisotopic (exact) mass is 257 g/mol. The fourth-order valence-corrected chi connectivity index (χ4v) is 2.04. The van der Waals surface area contributed by atoms with E-state index in [4.69, 9.17) is 5.11 Å². The number of carboxylic acids is 1. The van der Waals surface area contributed by atoms with Crippen LogP contribution in [0.2, 0.25) is 0 Å². The van der Waals surface area contributed by atoms with Crippen molar-refractivity contribution in [3.05, 3.63) is 35.4 Å². The zero-order valence-corrected chi connectivity index (χ0v) is 10.5. The highest BCUT2D eigenvalue weighted by atomic mass is 19.1. The van der Waals surface area contributed by atoms with E-state index in [1.165, 1.54) is 0 Å². The molecular weight excluding hydrogens is 240 g/mol. The van der Waals surface area contributed by atoms with Crippen LogP contribution in [0.5, 0.6) is 0 Å². The molecule has 0 saturated heterocycles. The van der Waals surface area contributed by atoms with Crippen molar-refractivity contribution in [3.63, 3.8) is 0 Å². The van der Waals surface area contributed by atoms with E-state index in [2.05, 4.69) is 0 Å². The highest BCUT2D eigenvalue weighted by molar-refractivity contribution is 5.68. The van der Waals surface area contributed by atoms with Crippen molar-refractivity contribution < 1.29 is 18.7 Å². The van der Waals surface area contributed by atoms with Crippen LogP contribution in [0, 0.1) is 11.6 Å². The molecule has 0 heterocycles. The number of hydrogen-bond donors (Lipinski definition) is 1. The Kier molecular flexibility index (Phi) is 5.22. The second kappa shape index (κ2) is 6.44. The summed E-state index contributed by atoms with van der Waals surface area (Å²) in [6, 6.07) is 2.48. The number of carbonyl (C=O) groups is 1. The second-order valence-corrected chi connectivity index (χ2v) is 4.00. The normalized spacial score (nSPS) is 12.7. The highest BCUT2D eigenvalue weighted by Crippen LogP contribution is 2.27. The summed E-state index contributed by atoms with van der Waals surface area (Å²) in [7, 11) is 0. The highest BCUT2D eigenvalue weighted by Gasteiger charge is 2.24. The molecule has 5 heteroatoms. The van der Waals surface area contributed by atoms with Crippen molar-refractivity contribution in [2.45, 2.75) is 26.3 Å². The van der Waals surface area contributed by atoms with E-state index in [0.717, 1.165) is 18.2 Å². The van der Waals surface area contributed by atoms with E-state index in [1.807, 2.05) is 13.8 Å². The first-order valence-electron chi connectivity index (χ1n) is 5.90. The van der Waals surface area contributed by atoms with Crippen LogP contribution in [-0.4, -0.2) is 29.1 Å². The Morgan fingerprint density at radius 2 is 1.94 bits per heavy atom. The average Bonchev–Trinajstić information content (AvgIpc) is 2.32. The van der Waals surface area contributed by atoms with Gasteiger partial charge in [0.05, 0.1) is 6.42 Å². The van der Waals surface area contributed by atoms with Gasteiger partial charge in [0, 0.05) is 11.6 Å². The zero-order chi connectivity index (χ0) is 13.7. The lowest BCUT2D eigenvalue weighted by Gasteiger charge is -2.29. The standard InChI is InChI=1S/C13H17F2NO2/c1-3-16(4-2)12(8-13(17)18)10-7-9(14)5-6-11(10)15/h5-7,12H,3-4,8H2,1-2H3,(H,17,18). The van der Waals surface area contributed by atoms with E-state index < -0.39 is 23.6 Å². The van der Waals surface area contributed by atoms with Crippen molar-refractivity contribution in [3.8, 4) is 0 Å². The molecule has 0 saturated carbocycles. The summed E-state index contributed by atoms with van der Waals surface area (Å²) in [4.78, 5) is 12.7.